The lowest BCUT2D eigenvalue weighted by Crippen LogP contribution is -2.19. The molecule has 1 aromatic rings. The molecule has 1 aliphatic rings. The largest absolute Gasteiger partial charge is 0.375 e. The van der Waals surface area contributed by atoms with Crippen LogP contribution in [0.4, 0.5) is 11.4 Å². The van der Waals surface area contributed by atoms with Crippen molar-refractivity contribution in [1.82, 2.24) is 4.90 Å². The second-order valence-electron chi connectivity index (χ2n) is 4.77. The number of carbonyl (C=O) groups excluding carboxylic acids is 1. The topological polar surface area (TPSA) is 75.5 Å². The molecule has 6 heteroatoms. The average molecular weight is 275 g/mol. The Labute approximate surface area is 117 Å². The van der Waals surface area contributed by atoms with Crippen molar-refractivity contribution < 1.29 is 9.72 Å². The summed E-state index contributed by atoms with van der Waals surface area (Å²) in [6.45, 7) is 3.90. The van der Waals surface area contributed by atoms with Crippen molar-refractivity contribution in [2.45, 2.75) is 19.8 Å². The molecule has 1 N–H and O–H groups in total. The van der Waals surface area contributed by atoms with Gasteiger partial charge in [-0.05, 0) is 31.9 Å². The molecule has 0 atom stereocenters. The van der Waals surface area contributed by atoms with E-state index >= 15 is 0 Å². The molecule has 6 nitrogen and oxygen atoms in total. The van der Waals surface area contributed by atoms with Crippen LogP contribution < -0.4 is 5.32 Å². The Kier molecular flexibility index (Phi) is 4.34. The minimum absolute atomic E-state index is 0.00629. The van der Waals surface area contributed by atoms with Crippen molar-refractivity contribution in [2.24, 2.45) is 0 Å². The summed E-state index contributed by atoms with van der Waals surface area (Å²) < 4.78 is 0. The SMILES string of the molecule is C/C(=C/C(=O)Nc1ccc([N+](=O)[O-])cc1)N1CCCC1. The van der Waals surface area contributed by atoms with Crippen LogP contribution in [-0.4, -0.2) is 28.8 Å². The van der Waals surface area contributed by atoms with Crippen LogP contribution in [-0.2, 0) is 4.79 Å². The van der Waals surface area contributed by atoms with E-state index in [0.717, 1.165) is 31.6 Å². The highest BCUT2D eigenvalue weighted by molar-refractivity contribution is 5.99. The zero-order chi connectivity index (χ0) is 14.5. The molecule has 1 aromatic carbocycles. The number of benzene rings is 1. The first-order valence-corrected chi connectivity index (χ1v) is 6.55. The Bertz CT molecular complexity index is 531. The van der Waals surface area contributed by atoms with Crippen LogP contribution in [0.3, 0.4) is 0 Å². The van der Waals surface area contributed by atoms with E-state index in [2.05, 4.69) is 10.2 Å². The highest BCUT2D eigenvalue weighted by atomic mass is 16.6. The molecule has 1 aliphatic heterocycles. The molecular formula is C14H17N3O3. The molecule has 0 aromatic heterocycles. The summed E-state index contributed by atoms with van der Waals surface area (Å²) in [6.07, 6.45) is 3.89. The van der Waals surface area contributed by atoms with Crippen molar-refractivity contribution in [3.05, 3.63) is 46.2 Å². The van der Waals surface area contributed by atoms with Crippen LogP contribution in [0.2, 0.25) is 0 Å². The summed E-state index contributed by atoms with van der Waals surface area (Å²) in [6, 6.07) is 5.78. The Morgan fingerprint density at radius 1 is 1.30 bits per heavy atom. The van der Waals surface area contributed by atoms with Gasteiger partial charge >= 0.3 is 0 Å². The van der Waals surface area contributed by atoms with Gasteiger partial charge in [0.05, 0.1) is 4.92 Å². The fourth-order valence-electron chi connectivity index (χ4n) is 2.20. The summed E-state index contributed by atoms with van der Waals surface area (Å²) in [4.78, 5) is 24.1. The minimum Gasteiger partial charge on any atom is -0.375 e. The molecule has 20 heavy (non-hydrogen) atoms. The number of hydrogen-bond donors (Lipinski definition) is 1. The lowest BCUT2D eigenvalue weighted by molar-refractivity contribution is -0.384. The van der Waals surface area contributed by atoms with E-state index in [-0.39, 0.29) is 11.6 Å². The van der Waals surface area contributed by atoms with Gasteiger partial charge in [0.15, 0.2) is 0 Å². The number of likely N-dealkylation sites (tertiary alicyclic amines) is 1. The molecule has 0 unspecified atom stereocenters. The number of non-ortho nitro benzene ring substituents is 1. The first kappa shape index (κ1) is 14.0. The fraction of sp³-hybridized carbons (Fsp3) is 0.357. The van der Waals surface area contributed by atoms with Crippen molar-refractivity contribution >= 4 is 17.3 Å². The van der Waals surface area contributed by atoms with Crippen LogP contribution in [0.15, 0.2) is 36.0 Å². The Hall–Kier alpha value is -2.37. The Balaban J connectivity index is 1.96. The number of allylic oxidation sites excluding steroid dienone is 1. The summed E-state index contributed by atoms with van der Waals surface area (Å²) in [5, 5.41) is 13.2. The lowest BCUT2D eigenvalue weighted by atomic mass is 10.3. The van der Waals surface area contributed by atoms with Crippen molar-refractivity contribution in [3.63, 3.8) is 0 Å². The van der Waals surface area contributed by atoms with Gasteiger partial charge in [0, 0.05) is 42.7 Å². The van der Waals surface area contributed by atoms with Gasteiger partial charge in [0.1, 0.15) is 0 Å². The first-order chi connectivity index (χ1) is 9.56. The third kappa shape index (κ3) is 3.57. The number of rotatable bonds is 4. The standard InChI is InChI=1S/C14H17N3O3/c1-11(16-8-2-3-9-16)10-14(18)15-12-4-6-13(7-5-12)17(19)20/h4-7,10H,2-3,8-9H2,1H3,(H,15,18)/b11-10-. The van der Waals surface area contributed by atoms with E-state index in [1.807, 2.05) is 6.92 Å². The van der Waals surface area contributed by atoms with Gasteiger partial charge in [-0.15, -0.1) is 0 Å². The van der Waals surface area contributed by atoms with E-state index in [9.17, 15) is 14.9 Å². The molecule has 1 fully saturated rings. The van der Waals surface area contributed by atoms with Crippen molar-refractivity contribution in [2.75, 3.05) is 18.4 Å². The number of nitro groups is 1. The molecule has 0 spiro atoms. The van der Waals surface area contributed by atoms with Crippen LogP contribution in [0, 0.1) is 10.1 Å². The number of amides is 1. The molecule has 1 heterocycles. The number of anilines is 1. The van der Waals surface area contributed by atoms with Crippen LogP contribution in [0.25, 0.3) is 0 Å². The Morgan fingerprint density at radius 2 is 1.90 bits per heavy atom. The molecular weight excluding hydrogens is 258 g/mol. The molecule has 1 amide bonds. The molecule has 0 bridgehead atoms. The maximum atomic E-state index is 11.9. The summed E-state index contributed by atoms with van der Waals surface area (Å²) in [5.41, 5.74) is 1.50. The molecule has 0 radical (unpaired) electrons. The number of nitro benzene ring substituents is 1. The normalized spacial score (nSPS) is 15.2. The summed E-state index contributed by atoms with van der Waals surface area (Å²) in [7, 11) is 0. The molecule has 0 saturated carbocycles. The monoisotopic (exact) mass is 275 g/mol. The lowest BCUT2D eigenvalue weighted by Gasteiger charge is -2.17. The van der Waals surface area contributed by atoms with E-state index in [0.29, 0.717) is 5.69 Å². The third-order valence-electron chi connectivity index (χ3n) is 3.29. The van der Waals surface area contributed by atoms with Gasteiger partial charge in [0.25, 0.3) is 5.69 Å². The van der Waals surface area contributed by atoms with Crippen molar-refractivity contribution in [3.8, 4) is 0 Å². The fourth-order valence-corrected chi connectivity index (χ4v) is 2.20. The quantitative estimate of drug-likeness (QED) is 0.520. The summed E-state index contributed by atoms with van der Waals surface area (Å²) >= 11 is 0. The van der Waals surface area contributed by atoms with Crippen LogP contribution in [0.5, 0.6) is 0 Å². The highest BCUT2D eigenvalue weighted by Gasteiger charge is 2.12. The number of carbonyl (C=O) groups is 1. The highest BCUT2D eigenvalue weighted by Crippen LogP contribution is 2.16. The van der Waals surface area contributed by atoms with E-state index in [4.69, 9.17) is 0 Å². The van der Waals surface area contributed by atoms with E-state index < -0.39 is 4.92 Å². The molecule has 1 saturated heterocycles. The van der Waals surface area contributed by atoms with Gasteiger partial charge < -0.3 is 10.2 Å². The third-order valence-corrected chi connectivity index (χ3v) is 3.29. The number of hydrogen-bond acceptors (Lipinski definition) is 4. The number of nitrogens with one attached hydrogen (secondary N) is 1. The zero-order valence-electron chi connectivity index (χ0n) is 11.3. The van der Waals surface area contributed by atoms with Crippen LogP contribution >= 0.6 is 0 Å². The second kappa shape index (κ2) is 6.18. The molecule has 0 aliphatic carbocycles. The van der Waals surface area contributed by atoms with Crippen LogP contribution in [0.1, 0.15) is 19.8 Å². The van der Waals surface area contributed by atoms with Gasteiger partial charge in [0.2, 0.25) is 5.91 Å². The Morgan fingerprint density at radius 3 is 2.45 bits per heavy atom. The zero-order valence-corrected chi connectivity index (χ0v) is 11.3. The van der Waals surface area contributed by atoms with Gasteiger partial charge in [-0.25, -0.2) is 0 Å². The van der Waals surface area contributed by atoms with E-state index in [1.165, 1.54) is 24.3 Å². The first-order valence-electron chi connectivity index (χ1n) is 6.55. The van der Waals surface area contributed by atoms with Gasteiger partial charge in [-0.3, -0.25) is 14.9 Å². The predicted molar refractivity (Wildman–Crippen MR) is 76.3 cm³/mol. The number of nitrogens with zero attached hydrogens (tertiary/aromatic N) is 2. The molecule has 106 valence electrons. The summed E-state index contributed by atoms with van der Waals surface area (Å²) in [5.74, 6) is -0.219. The van der Waals surface area contributed by atoms with Gasteiger partial charge in [-0.2, -0.15) is 0 Å². The average Bonchev–Trinajstić information content (AvgIpc) is 2.93. The maximum absolute atomic E-state index is 11.9. The van der Waals surface area contributed by atoms with Crippen molar-refractivity contribution in [1.29, 1.82) is 0 Å². The molecule has 2 rings (SSSR count). The van der Waals surface area contributed by atoms with Gasteiger partial charge in [-0.1, -0.05) is 0 Å². The maximum Gasteiger partial charge on any atom is 0.269 e. The van der Waals surface area contributed by atoms with E-state index in [1.54, 1.807) is 6.08 Å². The minimum atomic E-state index is -0.469. The second-order valence-corrected chi connectivity index (χ2v) is 4.77. The predicted octanol–water partition coefficient (Wildman–Crippen LogP) is 2.53. The smallest absolute Gasteiger partial charge is 0.269 e.